The maximum absolute atomic E-state index is 13.3. The van der Waals surface area contributed by atoms with Crippen LogP contribution in [0.3, 0.4) is 0 Å². The van der Waals surface area contributed by atoms with Gasteiger partial charge in [0.05, 0.1) is 29.8 Å². The molecule has 1 aliphatic rings. The van der Waals surface area contributed by atoms with Crippen LogP contribution in [0, 0.1) is 11.8 Å². The molecule has 0 bridgehead atoms. The number of anilines is 1. The monoisotopic (exact) mass is 313 g/mol. The second-order valence-corrected chi connectivity index (χ2v) is 5.01. The molecule has 0 aliphatic carbocycles. The Balaban J connectivity index is 1.68. The zero-order valence-corrected chi connectivity index (χ0v) is 11.6. The third kappa shape index (κ3) is 2.15. The Hall–Kier alpha value is -3.16. The molecule has 114 valence electrons. The number of carbonyl (C=O) groups excluding carboxylic acids is 1. The van der Waals surface area contributed by atoms with Gasteiger partial charge in [0.25, 0.3) is 0 Å². The van der Waals surface area contributed by atoms with E-state index in [-0.39, 0.29) is 6.03 Å². The predicted molar refractivity (Wildman–Crippen MR) is 76.6 cm³/mol. The number of fused-ring (bicyclic) bond motifs is 1. The summed E-state index contributed by atoms with van der Waals surface area (Å²) in [4.78, 5) is 21.3. The normalized spacial score (nSPS) is 13.5. The molecular formula is C15H9F2N5O. The van der Waals surface area contributed by atoms with Gasteiger partial charge >= 0.3 is 6.03 Å². The second kappa shape index (κ2) is 4.94. The summed E-state index contributed by atoms with van der Waals surface area (Å²) in [7, 11) is 0. The van der Waals surface area contributed by atoms with Crippen molar-refractivity contribution in [1.29, 1.82) is 0 Å². The molecule has 0 fully saturated rings. The van der Waals surface area contributed by atoms with E-state index in [1.54, 1.807) is 30.6 Å². The molecule has 0 unspecified atom stereocenters. The van der Waals surface area contributed by atoms with E-state index in [2.05, 4.69) is 15.1 Å². The molecule has 23 heavy (non-hydrogen) atoms. The Bertz CT molecular complexity index is 909. The molecule has 1 amide bonds. The lowest BCUT2D eigenvalue weighted by molar-refractivity contribution is 0.248. The number of rotatable bonds is 2. The van der Waals surface area contributed by atoms with Crippen LogP contribution in [-0.4, -0.2) is 25.8 Å². The fourth-order valence-corrected chi connectivity index (χ4v) is 2.46. The SMILES string of the molecule is O=C1N(c2cccnc2)Cc2cc(-c3cnc(F)c(F)c3)nn21. The third-order valence-electron chi connectivity index (χ3n) is 3.56. The van der Waals surface area contributed by atoms with Crippen molar-refractivity contribution in [3.63, 3.8) is 0 Å². The van der Waals surface area contributed by atoms with Crippen molar-refractivity contribution in [2.24, 2.45) is 0 Å². The average molecular weight is 313 g/mol. The van der Waals surface area contributed by atoms with Crippen molar-refractivity contribution in [3.05, 3.63) is 60.3 Å². The maximum Gasteiger partial charge on any atom is 0.349 e. The van der Waals surface area contributed by atoms with Crippen LogP contribution in [0.5, 0.6) is 0 Å². The third-order valence-corrected chi connectivity index (χ3v) is 3.56. The Labute approximate surface area is 129 Å². The van der Waals surface area contributed by atoms with E-state index in [4.69, 9.17) is 0 Å². The van der Waals surface area contributed by atoms with Gasteiger partial charge in [-0.1, -0.05) is 0 Å². The highest BCUT2D eigenvalue weighted by molar-refractivity contribution is 5.96. The lowest BCUT2D eigenvalue weighted by Crippen LogP contribution is -2.26. The second-order valence-electron chi connectivity index (χ2n) is 5.01. The summed E-state index contributed by atoms with van der Waals surface area (Å²) in [6.45, 7) is 0.328. The minimum Gasteiger partial charge on any atom is -0.285 e. The van der Waals surface area contributed by atoms with Crippen LogP contribution in [0.25, 0.3) is 11.3 Å². The van der Waals surface area contributed by atoms with Gasteiger partial charge in [-0.05, 0) is 24.3 Å². The van der Waals surface area contributed by atoms with E-state index in [1.165, 1.54) is 15.8 Å². The molecule has 4 heterocycles. The first-order valence-corrected chi connectivity index (χ1v) is 6.76. The van der Waals surface area contributed by atoms with Crippen LogP contribution in [0.4, 0.5) is 19.3 Å². The molecule has 0 saturated heterocycles. The van der Waals surface area contributed by atoms with Gasteiger partial charge in [0.2, 0.25) is 5.95 Å². The number of carbonyl (C=O) groups is 1. The van der Waals surface area contributed by atoms with Crippen LogP contribution >= 0.6 is 0 Å². The van der Waals surface area contributed by atoms with Crippen molar-refractivity contribution >= 4 is 11.7 Å². The van der Waals surface area contributed by atoms with Crippen molar-refractivity contribution in [2.45, 2.75) is 6.54 Å². The first-order valence-electron chi connectivity index (χ1n) is 6.76. The van der Waals surface area contributed by atoms with E-state index in [1.807, 2.05) is 0 Å². The molecule has 0 aromatic carbocycles. The first kappa shape index (κ1) is 13.5. The van der Waals surface area contributed by atoms with Crippen molar-refractivity contribution in [2.75, 3.05) is 4.90 Å². The summed E-state index contributed by atoms with van der Waals surface area (Å²) in [5.41, 5.74) is 2.00. The average Bonchev–Trinajstić information content (AvgIpc) is 3.11. The fourth-order valence-electron chi connectivity index (χ4n) is 2.46. The summed E-state index contributed by atoms with van der Waals surface area (Å²) in [5, 5.41) is 4.16. The van der Waals surface area contributed by atoms with Gasteiger partial charge < -0.3 is 0 Å². The lowest BCUT2D eigenvalue weighted by Gasteiger charge is -2.13. The Morgan fingerprint density at radius 2 is 2.04 bits per heavy atom. The Morgan fingerprint density at radius 3 is 2.74 bits per heavy atom. The fraction of sp³-hybridized carbons (Fsp3) is 0.0667. The van der Waals surface area contributed by atoms with E-state index in [0.29, 0.717) is 29.2 Å². The predicted octanol–water partition coefficient (Wildman–Crippen LogP) is 2.61. The van der Waals surface area contributed by atoms with Crippen molar-refractivity contribution in [1.82, 2.24) is 19.7 Å². The number of nitrogens with zero attached hydrogens (tertiary/aromatic N) is 5. The van der Waals surface area contributed by atoms with Gasteiger partial charge in [0.1, 0.15) is 0 Å². The molecule has 6 nitrogen and oxygen atoms in total. The maximum atomic E-state index is 13.3. The van der Waals surface area contributed by atoms with Gasteiger partial charge in [0.15, 0.2) is 5.82 Å². The number of hydrogen-bond donors (Lipinski definition) is 0. The number of aromatic nitrogens is 4. The number of pyridine rings is 2. The minimum atomic E-state index is -1.17. The quantitative estimate of drug-likeness (QED) is 0.682. The van der Waals surface area contributed by atoms with Crippen LogP contribution in [0.15, 0.2) is 42.9 Å². The molecule has 1 aliphatic heterocycles. The lowest BCUT2D eigenvalue weighted by atomic mass is 10.2. The highest BCUT2D eigenvalue weighted by Crippen LogP contribution is 2.27. The van der Waals surface area contributed by atoms with E-state index in [9.17, 15) is 13.6 Å². The molecule has 0 radical (unpaired) electrons. The van der Waals surface area contributed by atoms with Crippen LogP contribution in [-0.2, 0) is 6.54 Å². The van der Waals surface area contributed by atoms with E-state index >= 15 is 0 Å². The number of halogens is 2. The minimum absolute atomic E-state index is 0.312. The topological polar surface area (TPSA) is 63.9 Å². The number of amides is 1. The van der Waals surface area contributed by atoms with Gasteiger partial charge in [0, 0.05) is 18.0 Å². The molecular weight excluding hydrogens is 304 g/mol. The van der Waals surface area contributed by atoms with Crippen molar-refractivity contribution in [3.8, 4) is 11.3 Å². The molecule has 3 aromatic heterocycles. The molecule has 4 rings (SSSR count). The highest BCUT2D eigenvalue weighted by Gasteiger charge is 2.30. The zero-order valence-electron chi connectivity index (χ0n) is 11.6. The largest absolute Gasteiger partial charge is 0.349 e. The van der Waals surface area contributed by atoms with E-state index < -0.39 is 11.8 Å². The van der Waals surface area contributed by atoms with Crippen LogP contribution in [0.2, 0.25) is 0 Å². The summed E-state index contributed by atoms with van der Waals surface area (Å²) < 4.78 is 27.4. The first-order chi connectivity index (χ1) is 11.1. The number of hydrogen-bond acceptors (Lipinski definition) is 4. The highest BCUT2D eigenvalue weighted by atomic mass is 19.2. The summed E-state index contributed by atoms with van der Waals surface area (Å²) in [6, 6.07) is 5.85. The summed E-state index contributed by atoms with van der Waals surface area (Å²) in [6.07, 6.45) is 4.39. The smallest absolute Gasteiger partial charge is 0.285 e. The molecule has 3 aromatic rings. The Morgan fingerprint density at radius 1 is 1.17 bits per heavy atom. The summed E-state index contributed by atoms with van der Waals surface area (Å²) in [5.74, 6) is -2.22. The molecule has 0 saturated carbocycles. The van der Waals surface area contributed by atoms with E-state index in [0.717, 1.165) is 6.07 Å². The standard InChI is InChI=1S/C15H9F2N5O/c16-12-4-9(6-19-14(12)17)13-5-11-8-21(15(23)22(11)20-13)10-2-1-3-18-7-10/h1-7H,8H2. The van der Waals surface area contributed by atoms with Gasteiger partial charge in [-0.3, -0.25) is 9.88 Å². The zero-order chi connectivity index (χ0) is 16.0. The van der Waals surface area contributed by atoms with Gasteiger partial charge in [-0.15, -0.1) is 0 Å². The molecule has 0 N–H and O–H groups in total. The van der Waals surface area contributed by atoms with Crippen molar-refractivity contribution < 1.29 is 13.6 Å². The molecule has 8 heteroatoms. The summed E-state index contributed by atoms with van der Waals surface area (Å²) >= 11 is 0. The molecule has 0 spiro atoms. The van der Waals surface area contributed by atoms with Crippen LogP contribution < -0.4 is 4.90 Å². The van der Waals surface area contributed by atoms with Gasteiger partial charge in [-0.25, -0.2) is 14.2 Å². The van der Waals surface area contributed by atoms with Crippen LogP contribution in [0.1, 0.15) is 5.69 Å². The Kier molecular flexibility index (Phi) is 2.90. The molecule has 0 atom stereocenters. The van der Waals surface area contributed by atoms with Gasteiger partial charge in [-0.2, -0.15) is 14.2 Å².